The molecule has 1 heterocycles. The number of benzene rings is 1. The zero-order valence-corrected chi connectivity index (χ0v) is 12.0. The molecule has 2 rings (SSSR count). The third-order valence-corrected chi connectivity index (χ3v) is 3.23. The Morgan fingerprint density at radius 3 is 3.00 bits per heavy atom. The maximum atomic E-state index is 12.1. The van der Waals surface area contributed by atoms with Gasteiger partial charge in [0.15, 0.2) is 0 Å². The summed E-state index contributed by atoms with van der Waals surface area (Å²) in [5, 5.41) is 9.31. The van der Waals surface area contributed by atoms with E-state index in [1.54, 1.807) is 12.1 Å². The van der Waals surface area contributed by atoms with Gasteiger partial charge in [-0.05, 0) is 24.6 Å². The molecule has 0 saturated heterocycles. The molecule has 1 aromatic heterocycles. The molecule has 0 atom stereocenters. The predicted molar refractivity (Wildman–Crippen MR) is 75.7 cm³/mol. The summed E-state index contributed by atoms with van der Waals surface area (Å²) in [5.41, 5.74) is 7.78. The highest BCUT2D eigenvalue weighted by Crippen LogP contribution is 2.22. The molecule has 0 aliphatic rings. The van der Waals surface area contributed by atoms with Crippen molar-refractivity contribution in [3.63, 3.8) is 0 Å². The summed E-state index contributed by atoms with van der Waals surface area (Å²) in [4.78, 5) is 16.1. The number of carbonyl (C=O) groups excluding carboxylic acids is 1. The van der Waals surface area contributed by atoms with E-state index in [9.17, 15) is 4.79 Å². The number of anilines is 1. The van der Waals surface area contributed by atoms with E-state index >= 15 is 0 Å². The van der Waals surface area contributed by atoms with Crippen molar-refractivity contribution >= 4 is 27.5 Å². The number of nitrogen functional groups attached to an aromatic ring is 1. The van der Waals surface area contributed by atoms with Crippen LogP contribution in [-0.4, -0.2) is 27.6 Å². The Labute approximate surface area is 118 Å². The lowest BCUT2D eigenvalue weighted by molar-refractivity contribution is 0.0953. The van der Waals surface area contributed by atoms with E-state index in [1.807, 2.05) is 6.92 Å². The van der Waals surface area contributed by atoms with Gasteiger partial charge in [-0.25, -0.2) is 4.98 Å². The Morgan fingerprint density at radius 1 is 1.53 bits per heavy atom. The van der Waals surface area contributed by atoms with Gasteiger partial charge in [0.2, 0.25) is 0 Å². The minimum absolute atomic E-state index is 0.148. The highest BCUT2D eigenvalue weighted by Gasteiger charge is 2.11. The van der Waals surface area contributed by atoms with Crippen molar-refractivity contribution in [1.82, 2.24) is 20.5 Å². The van der Waals surface area contributed by atoms with Crippen molar-refractivity contribution in [2.24, 2.45) is 0 Å². The number of aromatic amines is 1. The monoisotopic (exact) mass is 323 g/mol. The van der Waals surface area contributed by atoms with Crippen LogP contribution in [0.5, 0.6) is 0 Å². The molecule has 0 saturated carbocycles. The molecule has 6 nitrogen and oxygen atoms in total. The molecule has 0 aliphatic heterocycles. The normalized spacial score (nSPS) is 10.4. The second-order valence-corrected chi connectivity index (χ2v) is 5.02. The summed E-state index contributed by atoms with van der Waals surface area (Å²) in [6.45, 7) is 2.31. The molecule has 7 heteroatoms. The number of hydrogen-bond acceptors (Lipinski definition) is 4. The first-order chi connectivity index (χ1) is 9.08. The summed E-state index contributed by atoms with van der Waals surface area (Å²) in [6.07, 6.45) is 2.05. The summed E-state index contributed by atoms with van der Waals surface area (Å²) in [7, 11) is 0. The van der Waals surface area contributed by atoms with E-state index in [-0.39, 0.29) is 5.91 Å². The van der Waals surface area contributed by atoms with Gasteiger partial charge in [-0.1, -0.05) is 15.9 Å². The van der Waals surface area contributed by atoms with Gasteiger partial charge in [0.1, 0.15) is 12.2 Å². The minimum Gasteiger partial charge on any atom is -0.398 e. The van der Waals surface area contributed by atoms with Gasteiger partial charge < -0.3 is 11.1 Å². The lowest BCUT2D eigenvalue weighted by Crippen LogP contribution is -2.26. The summed E-state index contributed by atoms with van der Waals surface area (Å²) in [5.74, 6) is 0.593. The van der Waals surface area contributed by atoms with Crippen molar-refractivity contribution in [3.05, 3.63) is 39.9 Å². The van der Waals surface area contributed by atoms with Crippen LogP contribution in [0.25, 0.3) is 0 Å². The number of aromatic nitrogens is 3. The van der Waals surface area contributed by atoms with Crippen LogP contribution < -0.4 is 11.1 Å². The SMILES string of the molecule is Cc1c(N)cc(Br)cc1C(=O)NCCc1ncn[nH]1. The van der Waals surface area contributed by atoms with E-state index in [0.29, 0.717) is 24.2 Å². The number of rotatable bonds is 4. The second kappa shape index (κ2) is 5.83. The van der Waals surface area contributed by atoms with Crippen molar-refractivity contribution in [1.29, 1.82) is 0 Å². The van der Waals surface area contributed by atoms with Gasteiger partial charge >= 0.3 is 0 Å². The maximum Gasteiger partial charge on any atom is 0.251 e. The number of carbonyl (C=O) groups is 1. The van der Waals surface area contributed by atoms with Crippen LogP contribution in [0.2, 0.25) is 0 Å². The molecule has 1 aromatic carbocycles. The number of nitrogens with two attached hydrogens (primary N) is 1. The lowest BCUT2D eigenvalue weighted by Gasteiger charge is -2.10. The fourth-order valence-corrected chi connectivity index (χ4v) is 2.15. The quantitative estimate of drug-likeness (QED) is 0.741. The van der Waals surface area contributed by atoms with Crippen LogP contribution in [0.4, 0.5) is 5.69 Å². The standard InChI is InChI=1S/C12H14BrN5O/c1-7-9(4-8(13)5-10(7)14)12(19)15-3-2-11-16-6-17-18-11/h4-6H,2-3,14H2,1H3,(H,15,19)(H,16,17,18). The number of halogens is 1. The molecule has 0 bridgehead atoms. The number of nitrogens with zero attached hydrogens (tertiary/aromatic N) is 2. The lowest BCUT2D eigenvalue weighted by atomic mass is 10.1. The zero-order chi connectivity index (χ0) is 13.8. The van der Waals surface area contributed by atoms with Gasteiger partial charge in [0.25, 0.3) is 5.91 Å². The summed E-state index contributed by atoms with van der Waals surface area (Å²) in [6, 6.07) is 3.54. The molecule has 0 aliphatic carbocycles. The molecule has 0 spiro atoms. The third kappa shape index (κ3) is 3.31. The molecule has 19 heavy (non-hydrogen) atoms. The van der Waals surface area contributed by atoms with E-state index in [4.69, 9.17) is 5.73 Å². The molecule has 0 unspecified atom stereocenters. The van der Waals surface area contributed by atoms with Gasteiger partial charge in [-0.2, -0.15) is 5.10 Å². The van der Waals surface area contributed by atoms with E-state index < -0.39 is 0 Å². The van der Waals surface area contributed by atoms with Crippen molar-refractivity contribution < 1.29 is 4.79 Å². The van der Waals surface area contributed by atoms with Crippen molar-refractivity contribution in [2.45, 2.75) is 13.3 Å². The number of amides is 1. The molecular weight excluding hydrogens is 310 g/mol. The number of H-pyrrole nitrogens is 1. The van der Waals surface area contributed by atoms with Crippen molar-refractivity contribution in [3.8, 4) is 0 Å². The van der Waals surface area contributed by atoms with Crippen LogP contribution in [0.1, 0.15) is 21.7 Å². The predicted octanol–water partition coefficient (Wildman–Crippen LogP) is 1.43. The Morgan fingerprint density at radius 2 is 2.32 bits per heavy atom. The highest BCUT2D eigenvalue weighted by atomic mass is 79.9. The zero-order valence-electron chi connectivity index (χ0n) is 10.4. The Balaban J connectivity index is 2.00. The molecular formula is C12H14BrN5O. The molecule has 2 aromatic rings. The Bertz CT molecular complexity index is 582. The Hall–Kier alpha value is -1.89. The molecule has 0 radical (unpaired) electrons. The van der Waals surface area contributed by atoms with Crippen LogP contribution in [-0.2, 0) is 6.42 Å². The average Bonchev–Trinajstić information content (AvgIpc) is 2.86. The van der Waals surface area contributed by atoms with Crippen LogP contribution in [0.3, 0.4) is 0 Å². The van der Waals surface area contributed by atoms with E-state index in [1.165, 1.54) is 6.33 Å². The second-order valence-electron chi connectivity index (χ2n) is 4.11. The van der Waals surface area contributed by atoms with Crippen LogP contribution in [0.15, 0.2) is 22.9 Å². The van der Waals surface area contributed by atoms with Crippen molar-refractivity contribution in [2.75, 3.05) is 12.3 Å². The minimum atomic E-state index is -0.148. The maximum absolute atomic E-state index is 12.1. The fourth-order valence-electron chi connectivity index (χ4n) is 1.68. The van der Waals surface area contributed by atoms with Gasteiger partial charge in [0.05, 0.1) is 0 Å². The summed E-state index contributed by atoms with van der Waals surface area (Å²) < 4.78 is 0.788. The van der Waals surface area contributed by atoms with Crippen LogP contribution in [0, 0.1) is 6.92 Å². The smallest absolute Gasteiger partial charge is 0.251 e. The molecule has 4 N–H and O–H groups in total. The van der Waals surface area contributed by atoms with Gasteiger partial charge in [-0.15, -0.1) is 0 Å². The van der Waals surface area contributed by atoms with E-state index in [0.717, 1.165) is 15.9 Å². The van der Waals surface area contributed by atoms with E-state index in [2.05, 4.69) is 36.4 Å². The topological polar surface area (TPSA) is 96.7 Å². The highest BCUT2D eigenvalue weighted by molar-refractivity contribution is 9.10. The third-order valence-electron chi connectivity index (χ3n) is 2.77. The number of hydrogen-bond donors (Lipinski definition) is 3. The van der Waals surface area contributed by atoms with Gasteiger partial charge in [-0.3, -0.25) is 9.89 Å². The molecule has 100 valence electrons. The first-order valence-electron chi connectivity index (χ1n) is 5.76. The largest absolute Gasteiger partial charge is 0.398 e. The molecule has 0 fully saturated rings. The summed E-state index contributed by atoms with van der Waals surface area (Å²) >= 11 is 3.33. The van der Waals surface area contributed by atoms with Crippen LogP contribution >= 0.6 is 15.9 Å². The fraction of sp³-hybridized carbons (Fsp3) is 0.250. The van der Waals surface area contributed by atoms with Gasteiger partial charge in [0, 0.05) is 28.7 Å². The first-order valence-corrected chi connectivity index (χ1v) is 6.55. The Kier molecular flexibility index (Phi) is 4.16. The molecule has 1 amide bonds. The number of nitrogens with one attached hydrogen (secondary N) is 2. The average molecular weight is 324 g/mol. The first kappa shape index (κ1) is 13.5.